The molecule has 3 heterocycles. The van der Waals surface area contributed by atoms with Crippen LogP contribution < -0.4 is 5.32 Å². The molecule has 1 aliphatic heterocycles. The first kappa shape index (κ1) is 20.9. The van der Waals surface area contributed by atoms with Crippen LogP contribution in [0.3, 0.4) is 0 Å². The number of rotatable bonds is 7. The maximum Gasteiger partial charge on any atom is 0.243 e. The average Bonchev–Trinajstić information content (AvgIpc) is 3.39. The molecule has 1 fully saturated rings. The Morgan fingerprint density at radius 3 is 2.42 bits per heavy atom. The Morgan fingerprint density at radius 2 is 1.87 bits per heavy atom. The van der Waals surface area contributed by atoms with Gasteiger partial charge in [0.1, 0.15) is 18.7 Å². The normalized spacial score (nSPS) is 21.5. The second-order valence-corrected chi connectivity index (χ2v) is 8.43. The van der Waals surface area contributed by atoms with Crippen molar-refractivity contribution in [1.82, 2.24) is 30.0 Å². The molecule has 4 rings (SSSR count). The zero-order valence-corrected chi connectivity index (χ0v) is 17.6. The number of hydrogen-bond donors (Lipinski definition) is 1. The first-order valence-electron chi connectivity index (χ1n) is 10.5. The highest BCUT2D eigenvalue weighted by Crippen LogP contribution is 2.37. The minimum absolute atomic E-state index is 0.153. The van der Waals surface area contributed by atoms with Crippen LogP contribution in [0.4, 0.5) is 0 Å². The molecule has 31 heavy (non-hydrogen) atoms. The Morgan fingerprint density at radius 1 is 1.16 bits per heavy atom. The number of carbonyl (C=O) groups is 3. The van der Waals surface area contributed by atoms with Gasteiger partial charge in [-0.25, -0.2) is 14.6 Å². The molecule has 0 saturated carbocycles. The lowest BCUT2D eigenvalue weighted by Crippen LogP contribution is -2.50. The van der Waals surface area contributed by atoms with E-state index >= 15 is 0 Å². The van der Waals surface area contributed by atoms with Crippen LogP contribution in [-0.4, -0.2) is 48.4 Å². The summed E-state index contributed by atoms with van der Waals surface area (Å²) in [4.78, 5) is 48.5. The van der Waals surface area contributed by atoms with E-state index in [1.165, 1.54) is 11.2 Å². The van der Waals surface area contributed by atoms with Crippen molar-refractivity contribution < 1.29 is 14.4 Å². The zero-order chi connectivity index (χ0) is 22.0. The van der Waals surface area contributed by atoms with Crippen LogP contribution in [-0.2, 0) is 20.9 Å². The number of hydrogen-bond acceptors (Lipinski definition) is 6. The topological polar surface area (TPSA) is 110 Å². The highest BCUT2D eigenvalue weighted by atomic mass is 16.2. The van der Waals surface area contributed by atoms with Crippen molar-refractivity contribution in [2.45, 2.75) is 45.7 Å². The molecular formula is C22H26N6O3. The van der Waals surface area contributed by atoms with Gasteiger partial charge in [-0.3, -0.25) is 19.3 Å². The molecule has 9 heteroatoms. The van der Waals surface area contributed by atoms with Crippen LogP contribution in [0.1, 0.15) is 38.7 Å². The van der Waals surface area contributed by atoms with Crippen LogP contribution in [0, 0.1) is 17.8 Å². The molecule has 0 spiro atoms. The number of aromatic nitrogens is 4. The Kier molecular flexibility index (Phi) is 5.92. The molecule has 0 radical (unpaired) electrons. The first-order chi connectivity index (χ1) is 15.0. The molecule has 0 unspecified atom stereocenters. The molecule has 2 aromatic heterocycles. The van der Waals surface area contributed by atoms with Gasteiger partial charge in [-0.1, -0.05) is 32.1 Å². The summed E-state index contributed by atoms with van der Waals surface area (Å²) in [6, 6.07) is 2.83. The Bertz CT molecular complexity index is 957. The van der Waals surface area contributed by atoms with Crippen molar-refractivity contribution in [3.8, 4) is 5.82 Å². The van der Waals surface area contributed by atoms with E-state index in [0.717, 1.165) is 5.56 Å². The highest BCUT2D eigenvalue weighted by Gasteiger charge is 2.51. The van der Waals surface area contributed by atoms with Gasteiger partial charge >= 0.3 is 0 Å². The van der Waals surface area contributed by atoms with Gasteiger partial charge in [0, 0.05) is 12.7 Å². The highest BCUT2D eigenvalue weighted by molar-refractivity contribution is 6.08. The van der Waals surface area contributed by atoms with Crippen molar-refractivity contribution in [3.63, 3.8) is 0 Å². The SMILES string of the molecule is CC(C)C[C@H](C(=O)NCc1ccc(-n2cncn2)nc1)N1C(=O)[C@@H]2CC=CC[C@H]2C1=O. The molecule has 3 amide bonds. The fraction of sp³-hybridized carbons (Fsp3) is 0.455. The summed E-state index contributed by atoms with van der Waals surface area (Å²) < 4.78 is 1.54. The number of allylic oxidation sites excluding steroid dienone is 2. The number of carbonyl (C=O) groups excluding carboxylic acids is 3. The summed E-state index contributed by atoms with van der Waals surface area (Å²) in [5, 5.41) is 6.91. The molecule has 1 N–H and O–H groups in total. The predicted molar refractivity (Wildman–Crippen MR) is 111 cm³/mol. The van der Waals surface area contributed by atoms with Gasteiger partial charge in [-0.05, 0) is 36.8 Å². The van der Waals surface area contributed by atoms with Crippen molar-refractivity contribution in [1.29, 1.82) is 0 Å². The van der Waals surface area contributed by atoms with Gasteiger partial charge in [0.15, 0.2) is 5.82 Å². The third-order valence-corrected chi connectivity index (χ3v) is 5.78. The zero-order valence-electron chi connectivity index (χ0n) is 17.6. The van der Waals surface area contributed by atoms with E-state index in [1.54, 1.807) is 23.3 Å². The summed E-state index contributed by atoms with van der Waals surface area (Å²) in [6.07, 6.45) is 10.1. The van der Waals surface area contributed by atoms with Crippen molar-refractivity contribution in [2.75, 3.05) is 0 Å². The van der Waals surface area contributed by atoms with Crippen LogP contribution in [0.5, 0.6) is 0 Å². The average molecular weight is 422 g/mol. The lowest BCUT2D eigenvalue weighted by Gasteiger charge is -2.27. The van der Waals surface area contributed by atoms with Crippen molar-refractivity contribution in [3.05, 3.63) is 48.7 Å². The predicted octanol–water partition coefficient (Wildman–Crippen LogP) is 1.64. The third-order valence-electron chi connectivity index (χ3n) is 5.78. The van der Waals surface area contributed by atoms with Crippen LogP contribution in [0.15, 0.2) is 43.1 Å². The summed E-state index contributed by atoms with van der Waals surface area (Å²) in [6.45, 7) is 4.21. The number of amides is 3. The van der Waals surface area contributed by atoms with E-state index in [-0.39, 0.29) is 42.0 Å². The van der Waals surface area contributed by atoms with Gasteiger partial charge in [-0.15, -0.1) is 0 Å². The third kappa shape index (κ3) is 4.26. The number of likely N-dealkylation sites (tertiary alicyclic amines) is 1. The van der Waals surface area contributed by atoms with Crippen LogP contribution in [0.25, 0.3) is 5.82 Å². The minimum atomic E-state index is -0.798. The Labute approximate surface area is 180 Å². The molecule has 0 aromatic carbocycles. The molecule has 3 atom stereocenters. The maximum atomic E-state index is 13.1. The monoisotopic (exact) mass is 422 g/mol. The fourth-order valence-corrected chi connectivity index (χ4v) is 4.20. The first-order valence-corrected chi connectivity index (χ1v) is 10.5. The molecule has 9 nitrogen and oxygen atoms in total. The van der Waals surface area contributed by atoms with E-state index in [4.69, 9.17) is 0 Å². The van der Waals surface area contributed by atoms with Crippen molar-refractivity contribution >= 4 is 17.7 Å². The molecular weight excluding hydrogens is 396 g/mol. The van der Waals surface area contributed by atoms with Gasteiger partial charge in [0.05, 0.1) is 11.8 Å². The molecule has 1 saturated heterocycles. The smallest absolute Gasteiger partial charge is 0.243 e. The Balaban J connectivity index is 1.45. The van der Waals surface area contributed by atoms with Gasteiger partial charge in [-0.2, -0.15) is 5.10 Å². The molecule has 2 aliphatic rings. The molecule has 1 aliphatic carbocycles. The number of nitrogens with zero attached hydrogens (tertiary/aromatic N) is 5. The fourth-order valence-electron chi connectivity index (χ4n) is 4.20. The van der Waals surface area contributed by atoms with Crippen LogP contribution in [0.2, 0.25) is 0 Å². The van der Waals surface area contributed by atoms with Gasteiger partial charge < -0.3 is 5.32 Å². The molecule has 0 bridgehead atoms. The quantitative estimate of drug-likeness (QED) is 0.537. The number of fused-ring (bicyclic) bond motifs is 1. The molecule has 162 valence electrons. The van der Waals surface area contributed by atoms with E-state index in [0.29, 0.717) is 25.1 Å². The lowest BCUT2D eigenvalue weighted by atomic mass is 9.85. The second-order valence-electron chi connectivity index (χ2n) is 8.43. The lowest BCUT2D eigenvalue weighted by molar-refractivity contribution is -0.148. The van der Waals surface area contributed by atoms with E-state index < -0.39 is 6.04 Å². The van der Waals surface area contributed by atoms with E-state index in [1.807, 2.05) is 32.1 Å². The van der Waals surface area contributed by atoms with Gasteiger partial charge in [0.2, 0.25) is 17.7 Å². The number of imide groups is 1. The summed E-state index contributed by atoms with van der Waals surface area (Å²) in [5.74, 6) is -0.669. The summed E-state index contributed by atoms with van der Waals surface area (Å²) in [5.41, 5.74) is 0.803. The number of pyridine rings is 1. The Hall–Kier alpha value is -3.36. The second kappa shape index (κ2) is 8.79. The maximum absolute atomic E-state index is 13.1. The van der Waals surface area contributed by atoms with E-state index in [2.05, 4.69) is 20.4 Å². The standard InChI is InChI=1S/C22H26N6O3/c1-14(2)9-18(28-21(30)16-5-3-4-6-17(16)22(28)31)20(29)25-11-15-7-8-19(24-10-15)27-13-23-12-26-27/h3-4,7-8,10,12-14,16-18H,5-6,9,11H2,1-2H3,(H,25,29)/t16-,17-,18-/m1/s1. The summed E-state index contributed by atoms with van der Waals surface area (Å²) in [7, 11) is 0. The number of nitrogens with one attached hydrogen (secondary N) is 1. The largest absolute Gasteiger partial charge is 0.350 e. The molecule has 2 aromatic rings. The van der Waals surface area contributed by atoms with E-state index in [9.17, 15) is 14.4 Å². The summed E-state index contributed by atoms with van der Waals surface area (Å²) >= 11 is 0. The van der Waals surface area contributed by atoms with Crippen LogP contribution >= 0.6 is 0 Å². The van der Waals surface area contributed by atoms with Gasteiger partial charge in [0.25, 0.3) is 0 Å². The van der Waals surface area contributed by atoms with Crippen molar-refractivity contribution in [2.24, 2.45) is 17.8 Å². The minimum Gasteiger partial charge on any atom is -0.350 e.